The molecule has 0 aliphatic carbocycles. The molecule has 0 amide bonds. The lowest BCUT2D eigenvalue weighted by Crippen LogP contribution is -2.01. The fourth-order valence-electron chi connectivity index (χ4n) is 2.95. The van der Waals surface area contributed by atoms with Gasteiger partial charge in [-0.2, -0.15) is 0 Å². The average molecular weight is 398 g/mol. The minimum Gasteiger partial charge on any atom is -0.495 e. The van der Waals surface area contributed by atoms with Crippen LogP contribution in [0.25, 0.3) is 16.9 Å². The molecule has 0 radical (unpaired) electrons. The first-order chi connectivity index (χ1) is 13.6. The van der Waals surface area contributed by atoms with E-state index in [9.17, 15) is 4.39 Å². The Morgan fingerprint density at radius 3 is 2.75 bits per heavy atom. The number of halogens is 2. The second-order valence-electron chi connectivity index (χ2n) is 6.18. The minimum absolute atomic E-state index is 0.00283. The highest BCUT2D eigenvalue weighted by atomic mass is 35.5. The zero-order chi connectivity index (χ0) is 19.7. The Balaban J connectivity index is 1.67. The number of pyridine rings is 1. The summed E-state index contributed by atoms with van der Waals surface area (Å²) in [4.78, 5) is 4.65. The van der Waals surface area contributed by atoms with Gasteiger partial charge < -0.3 is 19.6 Å². The molecule has 0 aliphatic heterocycles. The number of benzene rings is 2. The third kappa shape index (κ3) is 3.34. The normalized spacial score (nSPS) is 11.0. The number of ether oxygens (including phenoxy) is 2. The summed E-state index contributed by atoms with van der Waals surface area (Å²) in [6.07, 6.45) is 3.74. The molecular formula is C21H17ClFN3O2. The second-order valence-corrected chi connectivity index (χ2v) is 6.58. The van der Waals surface area contributed by atoms with Crippen LogP contribution in [-0.2, 0) is 6.61 Å². The lowest BCUT2D eigenvalue weighted by atomic mass is 10.1. The molecule has 0 spiro atoms. The summed E-state index contributed by atoms with van der Waals surface area (Å²) >= 11 is 6.07. The van der Waals surface area contributed by atoms with Crippen molar-refractivity contribution < 1.29 is 13.9 Å². The van der Waals surface area contributed by atoms with Gasteiger partial charge in [0.15, 0.2) is 11.4 Å². The first-order valence-electron chi connectivity index (χ1n) is 8.54. The molecule has 2 heterocycles. The Bertz CT molecular complexity index is 1140. The van der Waals surface area contributed by atoms with Crippen LogP contribution in [0, 0.1) is 5.82 Å². The van der Waals surface area contributed by atoms with Crippen LogP contribution in [-0.4, -0.2) is 16.5 Å². The molecule has 0 saturated heterocycles. The van der Waals surface area contributed by atoms with Gasteiger partial charge in [0.05, 0.1) is 23.5 Å². The van der Waals surface area contributed by atoms with E-state index in [-0.39, 0.29) is 6.61 Å². The lowest BCUT2D eigenvalue weighted by Gasteiger charge is -2.09. The van der Waals surface area contributed by atoms with E-state index in [0.29, 0.717) is 33.4 Å². The number of hydrogen-bond acceptors (Lipinski definition) is 4. The van der Waals surface area contributed by atoms with Crippen LogP contribution in [0.5, 0.6) is 11.5 Å². The number of fused-ring (bicyclic) bond motifs is 1. The highest BCUT2D eigenvalue weighted by molar-refractivity contribution is 6.31. The Morgan fingerprint density at radius 2 is 2.00 bits per heavy atom. The van der Waals surface area contributed by atoms with Crippen molar-refractivity contribution in [3.8, 4) is 22.8 Å². The van der Waals surface area contributed by atoms with E-state index in [1.807, 2.05) is 28.9 Å². The van der Waals surface area contributed by atoms with Crippen LogP contribution in [0.1, 0.15) is 5.56 Å². The number of imidazole rings is 1. The number of hydrogen-bond donors (Lipinski definition) is 1. The van der Waals surface area contributed by atoms with Gasteiger partial charge in [0.1, 0.15) is 18.2 Å². The minimum atomic E-state index is -0.405. The predicted octanol–water partition coefficient (Wildman–Crippen LogP) is 4.96. The van der Waals surface area contributed by atoms with Crippen LogP contribution in [0.4, 0.5) is 10.1 Å². The molecule has 2 aromatic carbocycles. The highest BCUT2D eigenvalue weighted by Crippen LogP contribution is 2.30. The largest absolute Gasteiger partial charge is 0.495 e. The fourth-order valence-corrected chi connectivity index (χ4v) is 3.17. The number of rotatable bonds is 5. The summed E-state index contributed by atoms with van der Waals surface area (Å²) in [5.41, 5.74) is 9.03. The number of nitrogens with two attached hydrogens (primary N) is 1. The standard InChI is InChI=1S/C21H17ClFN3O2/c1-27-19-8-7-13(10-17(19)24)18-11-26-9-3-6-20(21(26)25-18)28-12-14-15(22)4-2-5-16(14)23/h2-11H,12,24H2,1H3. The van der Waals surface area contributed by atoms with Gasteiger partial charge in [0.2, 0.25) is 0 Å². The number of nitrogen functional groups attached to an aromatic ring is 1. The molecule has 0 saturated carbocycles. The van der Waals surface area contributed by atoms with Crippen LogP contribution < -0.4 is 15.2 Å². The summed E-state index contributed by atoms with van der Waals surface area (Å²) in [6.45, 7) is 0.00283. The van der Waals surface area contributed by atoms with Crippen molar-refractivity contribution >= 4 is 22.9 Å². The van der Waals surface area contributed by atoms with Crippen molar-refractivity contribution in [3.63, 3.8) is 0 Å². The van der Waals surface area contributed by atoms with E-state index >= 15 is 0 Å². The Hall–Kier alpha value is -3.25. The number of anilines is 1. The average Bonchev–Trinajstić information content (AvgIpc) is 3.12. The van der Waals surface area contributed by atoms with E-state index in [1.165, 1.54) is 6.07 Å². The van der Waals surface area contributed by atoms with E-state index in [1.54, 1.807) is 37.4 Å². The van der Waals surface area contributed by atoms with E-state index < -0.39 is 5.82 Å². The fraction of sp³-hybridized carbons (Fsp3) is 0.0952. The van der Waals surface area contributed by atoms with Crippen molar-refractivity contribution in [2.45, 2.75) is 6.61 Å². The number of methoxy groups -OCH3 is 1. The highest BCUT2D eigenvalue weighted by Gasteiger charge is 2.13. The summed E-state index contributed by atoms with van der Waals surface area (Å²) < 4.78 is 26.8. The molecule has 4 aromatic rings. The Kier molecular flexibility index (Phi) is 4.79. The Morgan fingerprint density at radius 1 is 1.14 bits per heavy atom. The maximum Gasteiger partial charge on any atom is 0.180 e. The Labute approximate surface area is 166 Å². The van der Waals surface area contributed by atoms with Gasteiger partial charge in [-0.1, -0.05) is 17.7 Å². The lowest BCUT2D eigenvalue weighted by molar-refractivity contribution is 0.302. The van der Waals surface area contributed by atoms with Gasteiger partial charge in [-0.3, -0.25) is 0 Å². The van der Waals surface area contributed by atoms with Crippen molar-refractivity contribution in [3.05, 3.63) is 77.3 Å². The molecule has 28 heavy (non-hydrogen) atoms. The maximum atomic E-state index is 14.0. The topological polar surface area (TPSA) is 61.8 Å². The molecule has 5 nitrogen and oxygen atoms in total. The number of aromatic nitrogens is 2. The van der Waals surface area contributed by atoms with Crippen molar-refractivity contribution in [1.82, 2.24) is 9.38 Å². The predicted molar refractivity (Wildman–Crippen MR) is 107 cm³/mol. The molecule has 7 heteroatoms. The molecule has 2 aromatic heterocycles. The third-order valence-electron chi connectivity index (χ3n) is 4.41. The van der Waals surface area contributed by atoms with Crippen LogP contribution in [0.2, 0.25) is 5.02 Å². The summed E-state index contributed by atoms with van der Waals surface area (Å²) in [7, 11) is 1.57. The van der Waals surface area contributed by atoms with Gasteiger partial charge in [0.25, 0.3) is 0 Å². The second kappa shape index (κ2) is 7.40. The molecule has 4 rings (SSSR count). The van der Waals surface area contributed by atoms with Crippen LogP contribution in [0.15, 0.2) is 60.9 Å². The van der Waals surface area contributed by atoms with E-state index in [4.69, 9.17) is 26.8 Å². The number of nitrogens with zero attached hydrogens (tertiary/aromatic N) is 2. The first-order valence-corrected chi connectivity index (χ1v) is 8.92. The first kappa shape index (κ1) is 18.1. The van der Waals surface area contributed by atoms with Crippen LogP contribution >= 0.6 is 11.6 Å². The summed E-state index contributed by atoms with van der Waals surface area (Å²) in [5, 5.41) is 0.324. The van der Waals surface area contributed by atoms with Crippen molar-refractivity contribution in [1.29, 1.82) is 0 Å². The molecular weight excluding hydrogens is 381 g/mol. The smallest absolute Gasteiger partial charge is 0.180 e. The quantitative estimate of drug-likeness (QED) is 0.483. The zero-order valence-corrected chi connectivity index (χ0v) is 15.8. The van der Waals surface area contributed by atoms with Gasteiger partial charge in [0, 0.05) is 23.5 Å². The SMILES string of the molecule is COc1ccc(-c2cn3cccc(OCc4c(F)cccc4Cl)c3n2)cc1N. The monoisotopic (exact) mass is 397 g/mol. The molecule has 0 bridgehead atoms. The third-order valence-corrected chi connectivity index (χ3v) is 4.76. The van der Waals surface area contributed by atoms with Gasteiger partial charge in [-0.15, -0.1) is 0 Å². The van der Waals surface area contributed by atoms with E-state index in [2.05, 4.69) is 4.98 Å². The van der Waals surface area contributed by atoms with Gasteiger partial charge in [-0.05, 0) is 42.5 Å². The summed E-state index contributed by atoms with van der Waals surface area (Å²) in [6, 6.07) is 13.6. The summed E-state index contributed by atoms with van der Waals surface area (Å²) in [5.74, 6) is 0.727. The zero-order valence-electron chi connectivity index (χ0n) is 15.0. The van der Waals surface area contributed by atoms with Gasteiger partial charge in [-0.25, -0.2) is 9.37 Å². The molecule has 0 unspecified atom stereocenters. The molecule has 0 aliphatic rings. The molecule has 2 N–H and O–H groups in total. The van der Waals surface area contributed by atoms with Crippen molar-refractivity contribution in [2.75, 3.05) is 12.8 Å². The van der Waals surface area contributed by atoms with E-state index in [0.717, 1.165) is 11.3 Å². The van der Waals surface area contributed by atoms with Gasteiger partial charge >= 0.3 is 0 Å². The van der Waals surface area contributed by atoms with Crippen molar-refractivity contribution in [2.24, 2.45) is 0 Å². The maximum absolute atomic E-state index is 14.0. The molecule has 142 valence electrons. The van der Waals surface area contributed by atoms with Crippen LogP contribution in [0.3, 0.4) is 0 Å². The molecule has 0 atom stereocenters. The molecule has 0 fully saturated rings.